The molecule has 0 amide bonds. The van der Waals surface area contributed by atoms with Gasteiger partial charge in [-0.05, 0) is 53.9 Å². The lowest BCUT2D eigenvalue weighted by molar-refractivity contribution is 0.112. The maximum absolute atomic E-state index is 6.63. The predicted octanol–water partition coefficient (Wildman–Crippen LogP) is 4.47. The first-order valence-corrected chi connectivity index (χ1v) is 8.96. The summed E-state index contributed by atoms with van der Waals surface area (Å²) in [6.45, 7) is 5.58. The van der Waals surface area contributed by atoms with Crippen LogP contribution in [0.15, 0.2) is 16.6 Å². The van der Waals surface area contributed by atoms with Gasteiger partial charge in [0.05, 0.1) is 6.61 Å². The van der Waals surface area contributed by atoms with E-state index in [1.165, 1.54) is 36.8 Å². The monoisotopic (exact) mass is 351 g/mol. The molecule has 3 rings (SSSR count). The first kappa shape index (κ1) is 15.4. The van der Waals surface area contributed by atoms with Crippen LogP contribution < -0.4 is 10.5 Å². The fraction of sp³-hybridized carbons (Fsp3) is 0.667. The largest absolute Gasteiger partial charge is 0.493 e. The van der Waals surface area contributed by atoms with E-state index in [0.29, 0.717) is 11.3 Å². The van der Waals surface area contributed by atoms with Crippen molar-refractivity contribution >= 4 is 15.9 Å². The SMILES string of the molecule is CC1(C)CCCCC1C(N)Cc1cc(Br)cc2c1OCC2. The third-order valence-electron chi connectivity index (χ3n) is 5.39. The molecule has 0 radical (unpaired) electrons. The van der Waals surface area contributed by atoms with E-state index in [0.717, 1.165) is 29.7 Å². The molecule has 0 aromatic heterocycles. The Morgan fingerprint density at radius 2 is 2.19 bits per heavy atom. The van der Waals surface area contributed by atoms with Crippen LogP contribution in [0.2, 0.25) is 0 Å². The van der Waals surface area contributed by atoms with Gasteiger partial charge in [0.1, 0.15) is 5.75 Å². The number of nitrogens with two attached hydrogens (primary N) is 1. The molecule has 1 aliphatic carbocycles. The molecule has 0 saturated heterocycles. The zero-order valence-electron chi connectivity index (χ0n) is 13.1. The summed E-state index contributed by atoms with van der Waals surface area (Å²) >= 11 is 3.63. The highest BCUT2D eigenvalue weighted by Gasteiger charge is 2.36. The van der Waals surface area contributed by atoms with E-state index in [4.69, 9.17) is 10.5 Å². The van der Waals surface area contributed by atoms with Crippen LogP contribution in [0.25, 0.3) is 0 Å². The van der Waals surface area contributed by atoms with Gasteiger partial charge < -0.3 is 10.5 Å². The summed E-state index contributed by atoms with van der Waals surface area (Å²) < 4.78 is 7.00. The molecule has 1 aliphatic heterocycles. The summed E-state index contributed by atoms with van der Waals surface area (Å²) in [6, 6.07) is 4.60. The Hall–Kier alpha value is -0.540. The van der Waals surface area contributed by atoms with Crippen molar-refractivity contribution in [2.24, 2.45) is 17.1 Å². The smallest absolute Gasteiger partial charge is 0.125 e. The highest BCUT2D eigenvalue weighted by molar-refractivity contribution is 9.10. The average Bonchev–Trinajstić information content (AvgIpc) is 2.86. The highest BCUT2D eigenvalue weighted by Crippen LogP contribution is 2.43. The number of hydrogen-bond donors (Lipinski definition) is 1. The van der Waals surface area contributed by atoms with Gasteiger partial charge in [-0.1, -0.05) is 42.6 Å². The average molecular weight is 352 g/mol. The van der Waals surface area contributed by atoms with E-state index in [1.807, 2.05) is 0 Å². The van der Waals surface area contributed by atoms with Crippen molar-refractivity contribution in [1.29, 1.82) is 0 Å². The van der Waals surface area contributed by atoms with Gasteiger partial charge in [-0.3, -0.25) is 0 Å². The van der Waals surface area contributed by atoms with Crippen molar-refractivity contribution in [2.45, 2.75) is 58.4 Å². The Bertz CT molecular complexity index is 526. The Balaban J connectivity index is 1.80. The van der Waals surface area contributed by atoms with Crippen LogP contribution >= 0.6 is 15.9 Å². The molecule has 1 aromatic rings. The van der Waals surface area contributed by atoms with Crippen molar-refractivity contribution in [1.82, 2.24) is 0 Å². The fourth-order valence-electron chi connectivity index (χ4n) is 4.21. The van der Waals surface area contributed by atoms with E-state index in [2.05, 4.69) is 41.9 Å². The van der Waals surface area contributed by atoms with Gasteiger partial charge >= 0.3 is 0 Å². The van der Waals surface area contributed by atoms with Gasteiger partial charge in [0.2, 0.25) is 0 Å². The van der Waals surface area contributed by atoms with Crippen molar-refractivity contribution in [3.05, 3.63) is 27.7 Å². The summed E-state index contributed by atoms with van der Waals surface area (Å²) in [5, 5.41) is 0. The summed E-state index contributed by atoms with van der Waals surface area (Å²) in [5.74, 6) is 1.71. The minimum atomic E-state index is 0.225. The van der Waals surface area contributed by atoms with E-state index in [1.54, 1.807) is 0 Å². The van der Waals surface area contributed by atoms with Crippen LogP contribution in [-0.4, -0.2) is 12.6 Å². The lowest BCUT2D eigenvalue weighted by Crippen LogP contribution is -2.43. The summed E-state index contributed by atoms with van der Waals surface area (Å²) in [6.07, 6.45) is 7.20. The molecule has 1 aromatic carbocycles. The van der Waals surface area contributed by atoms with E-state index in [9.17, 15) is 0 Å². The number of rotatable bonds is 3. The molecule has 2 N–H and O–H groups in total. The highest BCUT2D eigenvalue weighted by atomic mass is 79.9. The van der Waals surface area contributed by atoms with E-state index >= 15 is 0 Å². The van der Waals surface area contributed by atoms with Crippen molar-refractivity contribution in [3.63, 3.8) is 0 Å². The minimum absolute atomic E-state index is 0.225. The Labute approximate surface area is 136 Å². The molecule has 1 heterocycles. The van der Waals surface area contributed by atoms with Gasteiger partial charge in [-0.15, -0.1) is 0 Å². The second-order valence-corrected chi connectivity index (χ2v) is 8.28. The quantitative estimate of drug-likeness (QED) is 0.871. The van der Waals surface area contributed by atoms with Crippen LogP contribution in [0, 0.1) is 11.3 Å². The predicted molar refractivity (Wildman–Crippen MR) is 90.8 cm³/mol. The zero-order valence-corrected chi connectivity index (χ0v) is 14.7. The lowest BCUT2D eigenvalue weighted by atomic mass is 9.65. The normalized spacial score (nSPS) is 25.2. The van der Waals surface area contributed by atoms with Crippen molar-refractivity contribution in [3.8, 4) is 5.75 Å². The molecule has 21 heavy (non-hydrogen) atoms. The number of hydrogen-bond acceptors (Lipinski definition) is 2. The summed E-state index contributed by atoms with van der Waals surface area (Å²) in [5.41, 5.74) is 9.61. The van der Waals surface area contributed by atoms with Gasteiger partial charge in [-0.25, -0.2) is 0 Å². The maximum atomic E-state index is 6.63. The molecule has 2 aliphatic rings. The van der Waals surface area contributed by atoms with Crippen molar-refractivity contribution < 1.29 is 4.74 Å². The summed E-state index contributed by atoms with van der Waals surface area (Å²) in [7, 11) is 0. The molecule has 3 heteroatoms. The van der Waals surface area contributed by atoms with Crippen LogP contribution in [0.1, 0.15) is 50.7 Å². The molecule has 0 bridgehead atoms. The topological polar surface area (TPSA) is 35.2 Å². The van der Waals surface area contributed by atoms with E-state index < -0.39 is 0 Å². The molecule has 1 saturated carbocycles. The molecule has 2 atom stereocenters. The Kier molecular flexibility index (Phi) is 4.33. The van der Waals surface area contributed by atoms with Gasteiger partial charge in [-0.2, -0.15) is 0 Å². The van der Waals surface area contributed by atoms with Gasteiger partial charge in [0.25, 0.3) is 0 Å². The third kappa shape index (κ3) is 3.14. The second kappa shape index (κ2) is 5.92. The standard InChI is InChI=1S/C18H26BrNO/c1-18(2)7-4-3-5-15(18)16(20)11-13-10-14(19)9-12-6-8-21-17(12)13/h9-10,15-16H,3-8,11,20H2,1-2H3. The van der Waals surface area contributed by atoms with Gasteiger partial charge in [0, 0.05) is 16.9 Å². The van der Waals surface area contributed by atoms with Crippen LogP contribution in [0.4, 0.5) is 0 Å². The van der Waals surface area contributed by atoms with Crippen LogP contribution in [0.3, 0.4) is 0 Å². The number of fused-ring (bicyclic) bond motifs is 1. The molecule has 2 unspecified atom stereocenters. The molecule has 116 valence electrons. The molecular weight excluding hydrogens is 326 g/mol. The Morgan fingerprint density at radius 1 is 1.38 bits per heavy atom. The van der Waals surface area contributed by atoms with Crippen LogP contribution in [0.5, 0.6) is 5.75 Å². The summed E-state index contributed by atoms with van der Waals surface area (Å²) in [4.78, 5) is 0. The molecule has 1 fully saturated rings. The van der Waals surface area contributed by atoms with Crippen LogP contribution in [-0.2, 0) is 12.8 Å². The first-order chi connectivity index (χ1) is 9.97. The van der Waals surface area contributed by atoms with E-state index in [-0.39, 0.29) is 6.04 Å². The second-order valence-electron chi connectivity index (χ2n) is 7.36. The third-order valence-corrected chi connectivity index (χ3v) is 5.85. The molecular formula is C18H26BrNO. The fourth-order valence-corrected chi connectivity index (χ4v) is 4.76. The maximum Gasteiger partial charge on any atom is 0.125 e. The van der Waals surface area contributed by atoms with Crippen molar-refractivity contribution in [2.75, 3.05) is 6.61 Å². The minimum Gasteiger partial charge on any atom is -0.493 e. The number of ether oxygens (including phenoxy) is 1. The number of halogens is 1. The zero-order chi connectivity index (χ0) is 15.0. The molecule has 0 spiro atoms. The lowest BCUT2D eigenvalue weighted by Gasteiger charge is -2.42. The first-order valence-electron chi connectivity index (χ1n) is 8.17. The molecule has 2 nitrogen and oxygen atoms in total. The number of benzene rings is 1. The Morgan fingerprint density at radius 3 is 2.95 bits per heavy atom. The van der Waals surface area contributed by atoms with Gasteiger partial charge in [0.15, 0.2) is 0 Å².